The van der Waals surface area contributed by atoms with Crippen LogP contribution in [0.3, 0.4) is 0 Å². The van der Waals surface area contributed by atoms with Crippen molar-refractivity contribution < 1.29 is 14.0 Å². The Bertz CT molecular complexity index is 596. The van der Waals surface area contributed by atoms with Crippen molar-refractivity contribution in [2.45, 2.75) is 6.54 Å². The highest BCUT2D eigenvalue weighted by atomic mass is 35.5. The van der Waals surface area contributed by atoms with Crippen LogP contribution < -0.4 is 10.6 Å². The minimum absolute atomic E-state index is 0.111. The zero-order valence-corrected chi connectivity index (χ0v) is 11.3. The number of carbonyl (C=O) groups is 2. The Morgan fingerprint density at radius 3 is 2.70 bits per heavy atom. The summed E-state index contributed by atoms with van der Waals surface area (Å²) >= 11 is 5.84. The lowest BCUT2D eigenvalue weighted by Gasteiger charge is -2.06. The first kappa shape index (κ1) is 14.1. The van der Waals surface area contributed by atoms with E-state index in [2.05, 4.69) is 10.6 Å². The van der Waals surface area contributed by atoms with E-state index in [4.69, 9.17) is 16.0 Å². The molecule has 0 bridgehead atoms. The summed E-state index contributed by atoms with van der Waals surface area (Å²) < 4.78 is 4.91. The van der Waals surface area contributed by atoms with Gasteiger partial charge in [-0.2, -0.15) is 0 Å². The molecular formula is C14H13ClN2O3. The standard InChI is InChI=1S/C14H13ClN2O3/c15-11-4-1-3-10(7-11)8-16-13(18)9-17-14(19)12-5-2-6-20-12/h1-7H,8-9H2,(H,16,18)(H,17,19). The van der Waals surface area contributed by atoms with Gasteiger partial charge in [0.25, 0.3) is 5.91 Å². The topological polar surface area (TPSA) is 71.3 Å². The molecule has 2 rings (SSSR count). The van der Waals surface area contributed by atoms with Gasteiger partial charge in [0.05, 0.1) is 12.8 Å². The van der Waals surface area contributed by atoms with Crippen molar-refractivity contribution in [3.63, 3.8) is 0 Å². The molecule has 0 atom stereocenters. The van der Waals surface area contributed by atoms with Gasteiger partial charge in [-0.3, -0.25) is 9.59 Å². The molecular weight excluding hydrogens is 280 g/mol. The molecule has 0 radical (unpaired) electrons. The second-order valence-electron chi connectivity index (χ2n) is 4.07. The lowest BCUT2D eigenvalue weighted by molar-refractivity contribution is -0.120. The molecule has 0 aliphatic rings. The van der Waals surface area contributed by atoms with Crippen LogP contribution >= 0.6 is 11.6 Å². The fourth-order valence-corrected chi connectivity index (χ4v) is 1.78. The molecule has 0 aliphatic carbocycles. The number of hydrogen-bond acceptors (Lipinski definition) is 3. The lowest BCUT2D eigenvalue weighted by Crippen LogP contribution is -2.36. The summed E-state index contributed by atoms with van der Waals surface area (Å²) in [6, 6.07) is 10.3. The van der Waals surface area contributed by atoms with Gasteiger partial charge < -0.3 is 15.1 Å². The lowest BCUT2D eigenvalue weighted by atomic mass is 10.2. The minimum Gasteiger partial charge on any atom is -0.459 e. The molecule has 1 aromatic heterocycles. The second-order valence-corrected chi connectivity index (χ2v) is 4.50. The van der Waals surface area contributed by atoms with Gasteiger partial charge in [-0.25, -0.2) is 0 Å². The summed E-state index contributed by atoms with van der Waals surface area (Å²) in [5, 5.41) is 5.76. The molecule has 104 valence electrons. The first-order valence-electron chi connectivity index (χ1n) is 5.98. The van der Waals surface area contributed by atoms with Crippen LogP contribution in [0.4, 0.5) is 0 Å². The van der Waals surface area contributed by atoms with Gasteiger partial charge in [0.15, 0.2) is 5.76 Å². The second kappa shape index (κ2) is 6.77. The van der Waals surface area contributed by atoms with Crippen LogP contribution in [0.1, 0.15) is 16.1 Å². The quantitative estimate of drug-likeness (QED) is 0.885. The average molecular weight is 293 g/mol. The number of rotatable bonds is 5. The fourth-order valence-electron chi connectivity index (χ4n) is 1.57. The van der Waals surface area contributed by atoms with Crippen molar-refractivity contribution in [2.24, 2.45) is 0 Å². The van der Waals surface area contributed by atoms with Crippen LogP contribution in [0.5, 0.6) is 0 Å². The fraction of sp³-hybridized carbons (Fsp3) is 0.143. The molecule has 6 heteroatoms. The Morgan fingerprint density at radius 2 is 2.00 bits per heavy atom. The number of amides is 2. The smallest absolute Gasteiger partial charge is 0.287 e. The number of halogens is 1. The van der Waals surface area contributed by atoms with Gasteiger partial charge >= 0.3 is 0 Å². The van der Waals surface area contributed by atoms with E-state index in [-0.39, 0.29) is 18.2 Å². The number of benzene rings is 1. The van der Waals surface area contributed by atoms with Crippen LogP contribution in [0, 0.1) is 0 Å². The van der Waals surface area contributed by atoms with E-state index >= 15 is 0 Å². The third kappa shape index (κ3) is 4.13. The molecule has 2 N–H and O–H groups in total. The Hall–Kier alpha value is -2.27. The first-order chi connectivity index (χ1) is 9.65. The van der Waals surface area contributed by atoms with Crippen molar-refractivity contribution in [1.82, 2.24) is 10.6 Å². The van der Waals surface area contributed by atoms with Crippen molar-refractivity contribution in [3.8, 4) is 0 Å². The van der Waals surface area contributed by atoms with Gasteiger partial charge in [-0.05, 0) is 29.8 Å². The van der Waals surface area contributed by atoms with E-state index in [9.17, 15) is 9.59 Å². The van der Waals surface area contributed by atoms with Gasteiger partial charge in [0.2, 0.25) is 5.91 Å². The summed E-state index contributed by atoms with van der Waals surface area (Å²) in [4.78, 5) is 23.1. The molecule has 5 nitrogen and oxygen atoms in total. The zero-order chi connectivity index (χ0) is 14.4. The Morgan fingerprint density at radius 1 is 1.15 bits per heavy atom. The summed E-state index contributed by atoms with van der Waals surface area (Å²) in [6.07, 6.45) is 1.40. The Labute approximate surface area is 120 Å². The minimum atomic E-state index is -0.423. The van der Waals surface area contributed by atoms with Crippen molar-refractivity contribution in [1.29, 1.82) is 0 Å². The SMILES string of the molecule is O=C(CNC(=O)c1ccco1)NCc1cccc(Cl)c1. The highest BCUT2D eigenvalue weighted by Crippen LogP contribution is 2.10. The molecule has 20 heavy (non-hydrogen) atoms. The maximum absolute atomic E-state index is 11.6. The van der Waals surface area contributed by atoms with Gasteiger partial charge in [0.1, 0.15) is 0 Å². The maximum Gasteiger partial charge on any atom is 0.287 e. The van der Waals surface area contributed by atoms with E-state index in [0.29, 0.717) is 11.6 Å². The summed E-state index contributed by atoms with van der Waals surface area (Å²) in [5.41, 5.74) is 0.892. The molecule has 0 saturated heterocycles. The van der Waals surface area contributed by atoms with E-state index < -0.39 is 5.91 Å². The first-order valence-corrected chi connectivity index (χ1v) is 6.36. The number of furan rings is 1. The maximum atomic E-state index is 11.6. The average Bonchev–Trinajstić information content (AvgIpc) is 2.97. The summed E-state index contributed by atoms with van der Waals surface area (Å²) in [5.74, 6) is -0.537. The normalized spacial score (nSPS) is 10.1. The van der Waals surface area contributed by atoms with Crippen LogP contribution in [-0.2, 0) is 11.3 Å². The third-order valence-corrected chi connectivity index (χ3v) is 2.77. The summed E-state index contributed by atoms with van der Waals surface area (Å²) in [6.45, 7) is 0.246. The molecule has 1 aromatic carbocycles. The molecule has 1 heterocycles. The van der Waals surface area contributed by atoms with E-state index in [1.165, 1.54) is 12.3 Å². The molecule has 2 aromatic rings. The third-order valence-electron chi connectivity index (χ3n) is 2.53. The highest BCUT2D eigenvalue weighted by Gasteiger charge is 2.09. The predicted octanol–water partition coefficient (Wildman–Crippen LogP) is 1.98. The van der Waals surface area contributed by atoms with Crippen molar-refractivity contribution in [3.05, 3.63) is 59.0 Å². The van der Waals surface area contributed by atoms with Crippen molar-refractivity contribution in [2.75, 3.05) is 6.54 Å². The predicted molar refractivity (Wildman–Crippen MR) is 74.3 cm³/mol. The van der Waals surface area contributed by atoms with Gasteiger partial charge in [-0.1, -0.05) is 23.7 Å². The number of hydrogen-bond donors (Lipinski definition) is 2. The van der Waals surface area contributed by atoms with Crippen LogP contribution in [0.2, 0.25) is 5.02 Å². The van der Waals surface area contributed by atoms with E-state index in [1.54, 1.807) is 18.2 Å². The van der Waals surface area contributed by atoms with Crippen LogP contribution in [0.25, 0.3) is 0 Å². The Balaban J connectivity index is 1.74. The summed E-state index contributed by atoms with van der Waals surface area (Å²) in [7, 11) is 0. The largest absolute Gasteiger partial charge is 0.459 e. The van der Waals surface area contributed by atoms with Crippen LogP contribution in [-0.4, -0.2) is 18.4 Å². The van der Waals surface area contributed by atoms with Gasteiger partial charge in [0, 0.05) is 11.6 Å². The van der Waals surface area contributed by atoms with Gasteiger partial charge in [-0.15, -0.1) is 0 Å². The molecule has 0 aliphatic heterocycles. The molecule has 0 fully saturated rings. The number of nitrogens with one attached hydrogen (secondary N) is 2. The zero-order valence-electron chi connectivity index (χ0n) is 10.6. The van der Waals surface area contributed by atoms with E-state index in [1.807, 2.05) is 12.1 Å². The number of carbonyl (C=O) groups excluding carboxylic acids is 2. The monoisotopic (exact) mass is 292 g/mol. The van der Waals surface area contributed by atoms with Crippen molar-refractivity contribution >= 4 is 23.4 Å². The molecule has 0 spiro atoms. The van der Waals surface area contributed by atoms with E-state index in [0.717, 1.165) is 5.56 Å². The Kier molecular flexibility index (Phi) is 4.79. The van der Waals surface area contributed by atoms with Crippen LogP contribution in [0.15, 0.2) is 47.1 Å². The molecule has 0 saturated carbocycles. The highest BCUT2D eigenvalue weighted by molar-refractivity contribution is 6.30. The molecule has 0 unspecified atom stereocenters. The molecule has 2 amide bonds.